The van der Waals surface area contributed by atoms with E-state index in [-0.39, 0.29) is 17.9 Å². The van der Waals surface area contributed by atoms with E-state index in [0.717, 1.165) is 28.2 Å². The van der Waals surface area contributed by atoms with E-state index in [4.69, 9.17) is 16.3 Å². The number of carbonyl (C=O) groups excluding carboxylic acids is 2. The van der Waals surface area contributed by atoms with Gasteiger partial charge in [0, 0.05) is 42.7 Å². The van der Waals surface area contributed by atoms with Gasteiger partial charge in [0.2, 0.25) is 0 Å². The second kappa shape index (κ2) is 8.00. The summed E-state index contributed by atoms with van der Waals surface area (Å²) in [4.78, 5) is 30.7. The SMILES string of the molecule is O=C(c1ccc(-c2ccc(Cl)cc2)s1)N1CCN(C(=O)C2CCCO2)CC1. The van der Waals surface area contributed by atoms with Crippen molar-refractivity contribution in [3.63, 3.8) is 0 Å². The maximum atomic E-state index is 12.8. The summed E-state index contributed by atoms with van der Waals surface area (Å²) in [6.45, 7) is 2.93. The molecule has 1 unspecified atom stereocenters. The second-order valence-corrected chi connectivity index (χ2v) is 8.31. The van der Waals surface area contributed by atoms with E-state index in [9.17, 15) is 9.59 Å². The Balaban J connectivity index is 1.37. The van der Waals surface area contributed by atoms with Gasteiger partial charge >= 0.3 is 0 Å². The van der Waals surface area contributed by atoms with Crippen LogP contribution in [0.15, 0.2) is 36.4 Å². The third kappa shape index (κ3) is 4.03. The van der Waals surface area contributed by atoms with Gasteiger partial charge in [0.05, 0.1) is 4.88 Å². The highest BCUT2D eigenvalue weighted by molar-refractivity contribution is 7.17. The molecule has 0 radical (unpaired) electrons. The molecule has 27 heavy (non-hydrogen) atoms. The van der Waals surface area contributed by atoms with Crippen molar-refractivity contribution in [3.8, 4) is 10.4 Å². The minimum absolute atomic E-state index is 0.0319. The second-order valence-electron chi connectivity index (χ2n) is 6.79. The van der Waals surface area contributed by atoms with Crippen molar-refractivity contribution in [2.45, 2.75) is 18.9 Å². The number of rotatable bonds is 3. The molecular weight excluding hydrogens is 384 g/mol. The van der Waals surface area contributed by atoms with Crippen molar-refractivity contribution >= 4 is 34.8 Å². The van der Waals surface area contributed by atoms with Crippen molar-refractivity contribution in [3.05, 3.63) is 46.3 Å². The van der Waals surface area contributed by atoms with E-state index in [1.54, 1.807) is 0 Å². The number of nitrogens with zero attached hydrogens (tertiary/aromatic N) is 2. The molecule has 2 aliphatic heterocycles. The number of halogens is 1. The van der Waals surface area contributed by atoms with Crippen molar-refractivity contribution in [2.75, 3.05) is 32.8 Å². The summed E-state index contributed by atoms with van der Waals surface area (Å²) in [5, 5.41) is 0.696. The first-order valence-electron chi connectivity index (χ1n) is 9.17. The van der Waals surface area contributed by atoms with Crippen LogP contribution in [0.4, 0.5) is 0 Å². The molecule has 2 aliphatic rings. The van der Waals surface area contributed by atoms with Gasteiger partial charge in [-0.15, -0.1) is 11.3 Å². The zero-order chi connectivity index (χ0) is 18.8. The summed E-state index contributed by atoms with van der Waals surface area (Å²) in [6, 6.07) is 11.5. The first-order chi connectivity index (χ1) is 13.1. The molecule has 0 bridgehead atoms. The molecule has 1 aromatic heterocycles. The van der Waals surface area contributed by atoms with Crippen molar-refractivity contribution in [1.82, 2.24) is 9.80 Å². The zero-order valence-electron chi connectivity index (χ0n) is 14.9. The number of hydrogen-bond donors (Lipinski definition) is 0. The smallest absolute Gasteiger partial charge is 0.264 e. The summed E-state index contributed by atoms with van der Waals surface area (Å²) in [5.74, 6) is 0.102. The summed E-state index contributed by atoms with van der Waals surface area (Å²) >= 11 is 7.42. The lowest BCUT2D eigenvalue weighted by atomic mass is 10.2. The predicted octanol–water partition coefficient (Wildman–Crippen LogP) is 3.53. The van der Waals surface area contributed by atoms with E-state index < -0.39 is 0 Å². The van der Waals surface area contributed by atoms with Gasteiger partial charge in [-0.1, -0.05) is 23.7 Å². The van der Waals surface area contributed by atoms with Gasteiger partial charge < -0.3 is 14.5 Å². The first kappa shape index (κ1) is 18.5. The Morgan fingerprint density at radius 1 is 1.00 bits per heavy atom. The Morgan fingerprint density at radius 2 is 1.70 bits per heavy atom. The number of benzene rings is 1. The van der Waals surface area contributed by atoms with Crippen molar-refractivity contribution in [2.24, 2.45) is 0 Å². The molecule has 2 fully saturated rings. The monoisotopic (exact) mass is 404 g/mol. The minimum atomic E-state index is -0.286. The van der Waals surface area contributed by atoms with Crippen LogP contribution in [0.5, 0.6) is 0 Å². The third-order valence-electron chi connectivity index (χ3n) is 5.03. The predicted molar refractivity (Wildman–Crippen MR) is 106 cm³/mol. The number of thiophene rings is 1. The van der Waals surface area contributed by atoms with Crippen LogP contribution in [0.1, 0.15) is 22.5 Å². The van der Waals surface area contributed by atoms with E-state index in [2.05, 4.69) is 0 Å². The van der Waals surface area contributed by atoms with E-state index in [0.29, 0.717) is 37.8 Å². The topological polar surface area (TPSA) is 49.9 Å². The summed E-state index contributed by atoms with van der Waals surface area (Å²) in [5.41, 5.74) is 1.05. The zero-order valence-corrected chi connectivity index (χ0v) is 16.5. The van der Waals surface area contributed by atoms with Crippen molar-refractivity contribution in [1.29, 1.82) is 0 Å². The van der Waals surface area contributed by atoms with E-state index in [1.807, 2.05) is 46.2 Å². The van der Waals surface area contributed by atoms with Gasteiger partial charge in [-0.25, -0.2) is 0 Å². The number of piperazine rings is 1. The van der Waals surface area contributed by atoms with Crippen LogP contribution >= 0.6 is 22.9 Å². The summed E-state index contributed by atoms with van der Waals surface area (Å²) in [6.07, 6.45) is 1.47. The van der Waals surface area contributed by atoms with E-state index >= 15 is 0 Å². The van der Waals surface area contributed by atoms with Gasteiger partial charge in [-0.2, -0.15) is 0 Å². The molecule has 142 valence electrons. The normalized spacial score (nSPS) is 20.1. The largest absolute Gasteiger partial charge is 0.368 e. The lowest BCUT2D eigenvalue weighted by molar-refractivity contribution is -0.142. The molecule has 0 aliphatic carbocycles. The highest BCUT2D eigenvalue weighted by Crippen LogP contribution is 2.30. The van der Waals surface area contributed by atoms with Crippen LogP contribution in [0.2, 0.25) is 5.02 Å². The Morgan fingerprint density at radius 3 is 2.37 bits per heavy atom. The molecule has 0 saturated carbocycles. The molecule has 2 saturated heterocycles. The molecule has 1 aromatic carbocycles. The van der Waals surface area contributed by atoms with E-state index in [1.165, 1.54) is 11.3 Å². The minimum Gasteiger partial charge on any atom is -0.368 e. The molecule has 2 aromatic rings. The third-order valence-corrected chi connectivity index (χ3v) is 6.40. The Kier molecular flexibility index (Phi) is 5.48. The van der Waals surface area contributed by atoms with Crippen molar-refractivity contribution < 1.29 is 14.3 Å². The van der Waals surface area contributed by atoms with Crippen LogP contribution in [-0.4, -0.2) is 60.5 Å². The molecule has 1 atom stereocenters. The van der Waals surface area contributed by atoms with Crippen LogP contribution in [-0.2, 0) is 9.53 Å². The maximum Gasteiger partial charge on any atom is 0.264 e. The number of amides is 2. The van der Waals surface area contributed by atoms with Gasteiger partial charge in [-0.05, 0) is 42.7 Å². The van der Waals surface area contributed by atoms with Crippen LogP contribution in [0, 0.1) is 0 Å². The van der Waals surface area contributed by atoms with Gasteiger partial charge in [-0.3, -0.25) is 9.59 Å². The highest BCUT2D eigenvalue weighted by Gasteiger charge is 2.31. The number of carbonyl (C=O) groups is 2. The standard InChI is InChI=1S/C20H21ClN2O3S/c21-15-5-3-14(4-6-15)17-7-8-18(27-17)20(25)23-11-9-22(10-12-23)19(24)16-2-1-13-26-16/h3-8,16H,1-2,9-13H2. The maximum absolute atomic E-state index is 12.8. The highest BCUT2D eigenvalue weighted by atomic mass is 35.5. The Bertz CT molecular complexity index is 822. The van der Waals surface area contributed by atoms with Crippen LogP contribution in [0.3, 0.4) is 0 Å². The quantitative estimate of drug-likeness (QED) is 0.786. The average molecular weight is 405 g/mol. The fourth-order valence-corrected chi connectivity index (χ4v) is 4.59. The lowest BCUT2D eigenvalue weighted by Crippen LogP contribution is -2.52. The molecular formula is C20H21ClN2O3S. The van der Waals surface area contributed by atoms with Crippen LogP contribution in [0.25, 0.3) is 10.4 Å². The average Bonchev–Trinajstić information content (AvgIpc) is 3.40. The Labute approximate surface area is 167 Å². The number of hydrogen-bond acceptors (Lipinski definition) is 4. The summed E-state index contributed by atoms with van der Waals surface area (Å²) in [7, 11) is 0. The molecule has 7 heteroatoms. The fourth-order valence-electron chi connectivity index (χ4n) is 3.48. The molecule has 0 N–H and O–H groups in total. The number of ether oxygens (including phenoxy) is 1. The fraction of sp³-hybridized carbons (Fsp3) is 0.400. The van der Waals surface area contributed by atoms with Crippen LogP contribution < -0.4 is 0 Å². The molecule has 4 rings (SSSR count). The van der Waals surface area contributed by atoms with Gasteiger partial charge in [0.25, 0.3) is 11.8 Å². The molecule has 5 nitrogen and oxygen atoms in total. The first-order valence-corrected chi connectivity index (χ1v) is 10.4. The summed E-state index contributed by atoms with van der Waals surface area (Å²) < 4.78 is 5.49. The van der Waals surface area contributed by atoms with Gasteiger partial charge in [0.1, 0.15) is 6.10 Å². The lowest BCUT2D eigenvalue weighted by Gasteiger charge is -2.35. The molecule has 0 spiro atoms. The molecule has 3 heterocycles. The molecule has 2 amide bonds. The Hall–Kier alpha value is -1.89. The van der Waals surface area contributed by atoms with Gasteiger partial charge in [0.15, 0.2) is 0 Å².